The van der Waals surface area contributed by atoms with Crippen LogP contribution in [0.2, 0.25) is 5.02 Å². The average Bonchev–Trinajstić information content (AvgIpc) is 2.83. The number of nitrogens with one attached hydrogen (secondary N) is 1. The predicted molar refractivity (Wildman–Crippen MR) is 139 cm³/mol. The summed E-state index contributed by atoms with van der Waals surface area (Å²) in [7, 11) is 2.20. The van der Waals surface area contributed by atoms with Gasteiger partial charge in [-0.3, -0.25) is 9.88 Å². The van der Waals surface area contributed by atoms with Gasteiger partial charge in [-0.15, -0.1) is 0 Å². The summed E-state index contributed by atoms with van der Waals surface area (Å²) in [5.41, 5.74) is 11.0. The molecular formula is C26H26ClN7O. The summed E-state index contributed by atoms with van der Waals surface area (Å²) < 4.78 is 5.83. The molecule has 8 nitrogen and oxygen atoms in total. The van der Waals surface area contributed by atoms with Gasteiger partial charge in [0.25, 0.3) is 0 Å². The Hall–Kier alpha value is -3.62. The van der Waals surface area contributed by atoms with Crippen molar-refractivity contribution in [1.29, 1.82) is 0 Å². The van der Waals surface area contributed by atoms with Gasteiger partial charge in [-0.25, -0.2) is 9.97 Å². The molecule has 0 saturated carbocycles. The van der Waals surface area contributed by atoms with E-state index in [0.717, 1.165) is 46.7 Å². The van der Waals surface area contributed by atoms with Crippen molar-refractivity contribution < 1.29 is 4.74 Å². The van der Waals surface area contributed by atoms with Crippen LogP contribution in [0.1, 0.15) is 12.1 Å². The Bertz CT molecular complexity index is 1390. The zero-order valence-corrected chi connectivity index (χ0v) is 20.2. The first-order valence-electron chi connectivity index (χ1n) is 11.6. The molecule has 0 bridgehead atoms. The number of likely N-dealkylation sites (N-methyl/N-ethyl adjacent to an activating group) is 1. The lowest BCUT2D eigenvalue weighted by atomic mass is 9.77. The zero-order valence-electron chi connectivity index (χ0n) is 19.4. The molecule has 0 unspecified atom stereocenters. The van der Waals surface area contributed by atoms with Crippen LogP contribution in [-0.2, 0) is 6.61 Å². The number of likely N-dealkylation sites (tertiary alicyclic amines) is 1. The maximum atomic E-state index is 6.49. The van der Waals surface area contributed by atoms with E-state index in [2.05, 4.69) is 43.2 Å². The number of ether oxygens (including phenoxy) is 1. The van der Waals surface area contributed by atoms with E-state index in [1.807, 2.05) is 42.5 Å². The standard InChI is InChI=1S/C26H26ClN7O/c1-33-9-7-26(33)14-34(15-26)23-12-22-19(11-21(23)28)25(31-16-30-22)32-17-5-6-24(20(27)10-17)35-13-18-4-2-3-8-29-18/h2-6,8,10-12,16H,7,9,13-15,28H2,1H3,(H,30,31,32). The second kappa shape index (κ2) is 8.55. The van der Waals surface area contributed by atoms with E-state index in [4.69, 9.17) is 22.1 Å². The van der Waals surface area contributed by atoms with E-state index >= 15 is 0 Å². The van der Waals surface area contributed by atoms with Crippen molar-refractivity contribution in [2.75, 3.05) is 42.6 Å². The fourth-order valence-electron chi connectivity index (χ4n) is 4.84. The summed E-state index contributed by atoms with van der Waals surface area (Å²) in [5, 5.41) is 4.71. The number of hydrogen-bond acceptors (Lipinski definition) is 8. The number of hydrogen-bond donors (Lipinski definition) is 2. The van der Waals surface area contributed by atoms with Gasteiger partial charge in [0.15, 0.2) is 0 Å². The average molecular weight is 488 g/mol. The van der Waals surface area contributed by atoms with Crippen LogP contribution in [0.5, 0.6) is 5.75 Å². The highest BCUT2D eigenvalue weighted by Crippen LogP contribution is 2.43. The third-order valence-electron chi connectivity index (χ3n) is 7.11. The molecule has 9 heteroatoms. The van der Waals surface area contributed by atoms with Gasteiger partial charge < -0.3 is 20.7 Å². The molecule has 2 saturated heterocycles. The van der Waals surface area contributed by atoms with Crippen molar-refractivity contribution in [1.82, 2.24) is 19.9 Å². The minimum atomic E-state index is 0.326. The monoisotopic (exact) mass is 487 g/mol. The topological polar surface area (TPSA) is 92.4 Å². The molecule has 3 N–H and O–H groups in total. The van der Waals surface area contributed by atoms with Crippen LogP contribution in [0.25, 0.3) is 10.9 Å². The third-order valence-corrected chi connectivity index (χ3v) is 7.41. The number of rotatable bonds is 6. The second-order valence-corrected chi connectivity index (χ2v) is 9.69. The number of nitrogens with zero attached hydrogens (tertiary/aromatic N) is 5. The molecule has 2 aromatic carbocycles. The smallest absolute Gasteiger partial charge is 0.141 e. The summed E-state index contributed by atoms with van der Waals surface area (Å²) >= 11 is 6.49. The molecule has 4 heterocycles. The Morgan fingerprint density at radius 3 is 2.71 bits per heavy atom. The molecule has 178 valence electrons. The third kappa shape index (κ3) is 3.98. The Morgan fingerprint density at radius 1 is 1.11 bits per heavy atom. The summed E-state index contributed by atoms with van der Waals surface area (Å²) in [4.78, 5) is 18.0. The maximum absolute atomic E-state index is 6.49. The molecule has 35 heavy (non-hydrogen) atoms. The molecule has 2 aromatic heterocycles. The van der Waals surface area contributed by atoms with Crippen molar-refractivity contribution in [3.05, 3.63) is 71.8 Å². The van der Waals surface area contributed by atoms with Crippen LogP contribution < -0.4 is 20.7 Å². The highest BCUT2D eigenvalue weighted by molar-refractivity contribution is 6.32. The van der Waals surface area contributed by atoms with Crippen LogP contribution in [0, 0.1) is 0 Å². The normalized spacial score (nSPS) is 16.7. The first-order chi connectivity index (χ1) is 17.0. The van der Waals surface area contributed by atoms with Crippen molar-refractivity contribution in [2.24, 2.45) is 0 Å². The van der Waals surface area contributed by atoms with E-state index in [1.54, 1.807) is 12.5 Å². The largest absolute Gasteiger partial charge is 0.486 e. The van der Waals surface area contributed by atoms with Crippen LogP contribution in [-0.4, -0.2) is 52.1 Å². The lowest BCUT2D eigenvalue weighted by Gasteiger charge is -2.62. The fraction of sp³-hybridized carbons (Fsp3) is 0.269. The van der Waals surface area contributed by atoms with Gasteiger partial charge in [0.2, 0.25) is 0 Å². The molecule has 6 rings (SSSR count). The number of pyridine rings is 1. The number of nitrogen functional groups attached to an aromatic ring is 1. The molecular weight excluding hydrogens is 462 g/mol. The highest BCUT2D eigenvalue weighted by Gasteiger charge is 2.51. The zero-order chi connectivity index (χ0) is 24.0. The molecule has 0 aliphatic carbocycles. The molecule has 0 amide bonds. The van der Waals surface area contributed by atoms with Crippen LogP contribution in [0.15, 0.2) is 61.1 Å². The minimum absolute atomic E-state index is 0.326. The van der Waals surface area contributed by atoms with Crippen molar-refractivity contribution >= 4 is 45.4 Å². The van der Waals surface area contributed by atoms with Gasteiger partial charge >= 0.3 is 0 Å². The number of aromatic nitrogens is 3. The first kappa shape index (κ1) is 21.9. The Morgan fingerprint density at radius 2 is 2.00 bits per heavy atom. The molecule has 2 fully saturated rings. The summed E-state index contributed by atoms with van der Waals surface area (Å²) in [6.07, 6.45) is 4.55. The lowest BCUT2D eigenvalue weighted by molar-refractivity contribution is -0.0126. The van der Waals surface area contributed by atoms with Gasteiger partial charge in [-0.1, -0.05) is 17.7 Å². The van der Waals surface area contributed by atoms with Crippen LogP contribution in [0.3, 0.4) is 0 Å². The van der Waals surface area contributed by atoms with E-state index in [1.165, 1.54) is 13.0 Å². The summed E-state index contributed by atoms with van der Waals surface area (Å²) in [5.74, 6) is 1.26. The maximum Gasteiger partial charge on any atom is 0.141 e. The Balaban J connectivity index is 1.20. The quantitative estimate of drug-likeness (QED) is 0.385. The number of anilines is 4. The summed E-state index contributed by atoms with van der Waals surface area (Å²) in [6, 6.07) is 15.3. The molecule has 2 aliphatic rings. The number of benzene rings is 2. The van der Waals surface area contributed by atoms with Crippen molar-refractivity contribution in [3.63, 3.8) is 0 Å². The lowest BCUT2D eigenvalue weighted by Crippen LogP contribution is -2.76. The number of halogens is 1. The highest BCUT2D eigenvalue weighted by atomic mass is 35.5. The molecule has 4 aromatic rings. The van der Waals surface area contributed by atoms with E-state index < -0.39 is 0 Å². The fourth-order valence-corrected chi connectivity index (χ4v) is 5.07. The Labute approximate surface area is 208 Å². The van der Waals surface area contributed by atoms with E-state index in [-0.39, 0.29) is 0 Å². The Kier molecular flexibility index (Phi) is 5.35. The van der Waals surface area contributed by atoms with Gasteiger partial charge in [-0.05, 0) is 55.9 Å². The molecule has 0 atom stereocenters. The van der Waals surface area contributed by atoms with Crippen molar-refractivity contribution in [2.45, 2.75) is 18.6 Å². The number of fused-ring (bicyclic) bond motifs is 1. The van der Waals surface area contributed by atoms with Crippen molar-refractivity contribution in [3.8, 4) is 5.75 Å². The number of nitrogens with two attached hydrogens (primary N) is 1. The molecule has 1 spiro atoms. The minimum Gasteiger partial charge on any atom is -0.486 e. The van der Waals surface area contributed by atoms with Crippen LogP contribution >= 0.6 is 11.6 Å². The van der Waals surface area contributed by atoms with E-state index in [9.17, 15) is 0 Å². The first-order valence-corrected chi connectivity index (χ1v) is 12.0. The second-order valence-electron chi connectivity index (χ2n) is 9.28. The van der Waals surface area contributed by atoms with Gasteiger partial charge in [-0.2, -0.15) is 0 Å². The van der Waals surface area contributed by atoms with E-state index in [0.29, 0.717) is 28.7 Å². The molecule has 2 aliphatic heterocycles. The molecule has 0 radical (unpaired) electrons. The summed E-state index contributed by atoms with van der Waals surface area (Å²) in [6.45, 7) is 3.52. The van der Waals surface area contributed by atoms with Gasteiger partial charge in [0, 0.05) is 36.9 Å². The predicted octanol–water partition coefficient (Wildman–Crippen LogP) is 4.48. The van der Waals surface area contributed by atoms with Gasteiger partial charge in [0.05, 0.1) is 33.1 Å². The SMILES string of the molecule is CN1CCC12CN(c1cc3ncnc(Nc4ccc(OCc5ccccn5)c(Cl)c4)c3cc1N)C2. The van der Waals surface area contributed by atoms with Gasteiger partial charge in [0.1, 0.15) is 24.5 Å². The van der Waals surface area contributed by atoms with Crippen LogP contribution in [0.4, 0.5) is 22.9 Å².